The van der Waals surface area contributed by atoms with E-state index >= 15 is 4.39 Å². The number of rotatable bonds is 25. The number of halogens is 4. The molecule has 26 heteroatoms. The van der Waals surface area contributed by atoms with Gasteiger partial charge in [-0.05, 0) is 79.8 Å². The first-order chi connectivity index (χ1) is 42.3. The number of nitrogens with one attached hydrogen (secondary N) is 5. The Labute approximate surface area is 519 Å². The number of H-pyrrole nitrogens is 1. The lowest BCUT2D eigenvalue weighted by molar-refractivity contribution is -0.144. The van der Waals surface area contributed by atoms with Crippen molar-refractivity contribution >= 4 is 52.2 Å². The van der Waals surface area contributed by atoms with Crippen molar-refractivity contribution in [3.05, 3.63) is 123 Å². The number of ether oxygens (including phenoxy) is 3. The lowest BCUT2D eigenvalue weighted by Crippen LogP contribution is -2.58. The first kappa shape index (κ1) is 67.8. The van der Waals surface area contributed by atoms with E-state index in [0.29, 0.717) is 63.1 Å². The van der Waals surface area contributed by atoms with Crippen LogP contribution in [0.1, 0.15) is 73.8 Å². The molecular formula is C63H81F4N11O10S. The molecule has 6 N–H and O–H groups in total. The minimum atomic E-state index is -4.98. The third kappa shape index (κ3) is 18.5. The van der Waals surface area contributed by atoms with Gasteiger partial charge in [-0.1, -0.05) is 57.2 Å². The number of aliphatic hydroxyl groups excluding tert-OH is 1. The van der Waals surface area contributed by atoms with Gasteiger partial charge in [0.25, 0.3) is 5.91 Å². The number of aromatic amines is 1. The summed E-state index contributed by atoms with van der Waals surface area (Å²) in [7, 11) is 2.01. The van der Waals surface area contributed by atoms with Gasteiger partial charge in [0.05, 0.1) is 71.1 Å². The minimum Gasteiger partial charge on any atom is -0.391 e. The molecule has 0 spiro atoms. The van der Waals surface area contributed by atoms with Crippen LogP contribution in [-0.4, -0.2) is 200 Å². The van der Waals surface area contributed by atoms with Crippen molar-refractivity contribution in [2.24, 2.45) is 5.41 Å². The van der Waals surface area contributed by atoms with Crippen LogP contribution in [0.15, 0.2) is 83.2 Å². The number of pyridine rings is 1. The summed E-state index contributed by atoms with van der Waals surface area (Å²) in [6.45, 7) is 17.1. The van der Waals surface area contributed by atoms with Crippen LogP contribution in [0.2, 0.25) is 0 Å². The zero-order valence-electron chi connectivity index (χ0n) is 51.3. The number of carbonyl (C=O) groups is 5. The number of aryl methyl sites for hydroxylation is 1. The molecule has 21 nitrogen and oxygen atoms in total. The van der Waals surface area contributed by atoms with Crippen LogP contribution in [0.3, 0.4) is 0 Å². The summed E-state index contributed by atoms with van der Waals surface area (Å²) < 4.78 is 74.4. The molecule has 3 saturated heterocycles. The molecule has 89 heavy (non-hydrogen) atoms. The zero-order chi connectivity index (χ0) is 64.2. The third-order valence-electron chi connectivity index (χ3n) is 16.3. The van der Waals surface area contributed by atoms with Crippen molar-refractivity contribution < 1.29 is 60.9 Å². The van der Waals surface area contributed by atoms with Gasteiger partial charge in [-0.2, -0.15) is 13.2 Å². The van der Waals surface area contributed by atoms with Crippen LogP contribution in [-0.2, 0) is 52.7 Å². The lowest BCUT2D eigenvalue weighted by Gasteiger charge is -2.44. The van der Waals surface area contributed by atoms with E-state index in [2.05, 4.69) is 59.8 Å². The number of hydrogen-bond donors (Lipinski definition) is 6. The Morgan fingerprint density at radius 2 is 1.45 bits per heavy atom. The lowest BCUT2D eigenvalue weighted by atomic mass is 9.85. The SMILES string of the molecule is Cc1ncsc1-c1ccc(CNC(=O)[C@@H]2C[C@@H](O)CN2C(=O)C(NC(=O)COCCOCCOCC(=O)NCCN2CCN(Cc3ccc(F)c(-c4ccc(N5C[C@@H](C)N(C)[C@@H](C)C5)c(NC(=O)c5c[nH]c(=O)cc5C(F)(F)F)c4)c3)CC2)C(C)(C)C)cc1. The van der Waals surface area contributed by atoms with Crippen LogP contribution in [0.5, 0.6) is 0 Å². The molecule has 5 amide bonds. The van der Waals surface area contributed by atoms with Crippen LogP contribution in [0.25, 0.3) is 21.6 Å². The van der Waals surface area contributed by atoms with Crippen molar-refractivity contribution in [3.8, 4) is 21.6 Å². The van der Waals surface area contributed by atoms with Crippen LogP contribution in [0.4, 0.5) is 28.9 Å². The molecule has 1 unspecified atom stereocenters. The van der Waals surface area contributed by atoms with Gasteiger partial charge in [0.15, 0.2) is 0 Å². The van der Waals surface area contributed by atoms with E-state index in [-0.39, 0.29) is 88.4 Å². The molecule has 3 aromatic carbocycles. The van der Waals surface area contributed by atoms with E-state index in [9.17, 15) is 47.0 Å². The molecule has 5 aromatic rings. The smallest absolute Gasteiger partial charge is 0.391 e. The fraction of sp³-hybridized carbons (Fsp3) is 0.508. The van der Waals surface area contributed by atoms with Crippen LogP contribution in [0, 0.1) is 18.2 Å². The van der Waals surface area contributed by atoms with Gasteiger partial charge in [-0.3, -0.25) is 43.5 Å². The maximum Gasteiger partial charge on any atom is 0.417 e. The topological polar surface area (TPSA) is 243 Å². The largest absolute Gasteiger partial charge is 0.417 e. The number of likely N-dealkylation sites (N-methyl/N-ethyl adjacent to an activating group) is 1. The molecule has 3 aliphatic heterocycles. The Balaban J connectivity index is 0.709. The summed E-state index contributed by atoms with van der Waals surface area (Å²) in [4.78, 5) is 96.2. The summed E-state index contributed by atoms with van der Waals surface area (Å²) in [5.41, 5.74) is 2.99. The number of piperazine rings is 2. The van der Waals surface area contributed by atoms with E-state index in [4.69, 9.17) is 14.2 Å². The number of anilines is 2. The van der Waals surface area contributed by atoms with Crippen molar-refractivity contribution in [1.29, 1.82) is 0 Å². The van der Waals surface area contributed by atoms with Gasteiger partial charge in [0.1, 0.15) is 31.1 Å². The maximum atomic E-state index is 15.7. The first-order valence-electron chi connectivity index (χ1n) is 29.8. The Morgan fingerprint density at radius 1 is 0.809 bits per heavy atom. The highest BCUT2D eigenvalue weighted by atomic mass is 32.1. The van der Waals surface area contributed by atoms with Gasteiger partial charge in [-0.15, -0.1) is 11.3 Å². The Morgan fingerprint density at radius 3 is 2.10 bits per heavy atom. The summed E-state index contributed by atoms with van der Waals surface area (Å²) >= 11 is 1.55. The summed E-state index contributed by atoms with van der Waals surface area (Å²) in [6, 6.07) is 16.3. The second kappa shape index (κ2) is 30.6. The number of likely N-dealkylation sites (tertiary alicyclic amines) is 1. The van der Waals surface area contributed by atoms with E-state index < -0.39 is 75.9 Å². The number of aliphatic hydroxyl groups is 1. The first-order valence-corrected chi connectivity index (χ1v) is 30.7. The Kier molecular flexibility index (Phi) is 23.3. The summed E-state index contributed by atoms with van der Waals surface area (Å²) in [6.07, 6.45) is -5.08. The zero-order valence-corrected chi connectivity index (χ0v) is 52.2. The number of benzene rings is 3. The Bertz CT molecular complexity index is 3310. The van der Waals surface area contributed by atoms with Crippen molar-refractivity contribution in [1.82, 2.24) is 45.5 Å². The highest BCUT2D eigenvalue weighted by Gasteiger charge is 2.45. The van der Waals surface area contributed by atoms with E-state index in [1.165, 1.54) is 11.0 Å². The second-order valence-electron chi connectivity index (χ2n) is 24.0. The number of β-amino-alcohol motifs (C(OH)–C–C–N with tert-alkyl or cyclic N) is 1. The van der Waals surface area contributed by atoms with Crippen molar-refractivity contribution in [2.45, 2.75) is 97.5 Å². The number of hydrogen-bond acceptors (Lipinski definition) is 16. The van der Waals surface area contributed by atoms with Crippen molar-refractivity contribution in [2.75, 3.05) is 116 Å². The standard InChI is InChI=1S/C63H81F4N11O10S/c1-39-32-77(33-40(2)74(39)7)52-15-13-45(27-51(52)72-59(83)48-31-69-54(80)29-49(48)63(65,66)67)47-26-43(10-14-50(47)64)34-76-20-18-75(19-21-76)17-16-68-55(81)36-87-24-22-86-23-25-88-37-56(82)73-58(62(4,5)6)61(85)78-35-46(79)28-53(78)60(84)70-30-42-8-11-44(12-9-42)57-41(3)71-38-89-57/h8-15,26-27,29,31,38-40,46,53,58,79H,16-25,28,30,32-37H2,1-7H3,(H,68,81)(H,69,80)(H,70,84)(H,72,83)(H,73,82)/t39-,40+,46-,53+,58?/m1/s1. The van der Waals surface area contributed by atoms with Gasteiger partial charge in [0, 0.05) is 108 Å². The highest BCUT2D eigenvalue weighted by Crippen LogP contribution is 2.37. The number of carbonyl (C=O) groups excluding carboxylic acids is 5. The van der Waals surface area contributed by atoms with Gasteiger partial charge in [-0.25, -0.2) is 9.37 Å². The van der Waals surface area contributed by atoms with Gasteiger partial charge >= 0.3 is 6.18 Å². The molecule has 5 heterocycles. The molecule has 0 radical (unpaired) electrons. The van der Waals surface area contributed by atoms with E-state index in [1.54, 1.807) is 68.0 Å². The average Bonchev–Trinajstić information content (AvgIpc) is 1.64. The van der Waals surface area contributed by atoms with Crippen LogP contribution < -0.4 is 31.7 Å². The fourth-order valence-corrected chi connectivity index (χ4v) is 12.0. The van der Waals surface area contributed by atoms with E-state index in [0.717, 1.165) is 46.5 Å². The quantitative estimate of drug-likeness (QED) is 0.0312. The van der Waals surface area contributed by atoms with Gasteiger partial charge in [0.2, 0.25) is 29.2 Å². The predicted molar refractivity (Wildman–Crippen MR) is 330 cm³/mol. The molecular weight excluding hydrogens is 1180 g/mol. The molecule has 0 bridgehead atoms. The van der Waals surface area contributed by atoms with Gasteiger partial charge < -0.3 is 55.4 Å². The predicted octanol–water partition coefficient (Wildman–Crippen LogP) is 5.51. The number of alkyl halides is 3. The summed E-state index contributed by atoms with van der Waals surface area (Å²) in [5, 5.41) is 21.8. The molecule has 5 atom stereocenters. The maximum absolute atomic E-state index is 15.7. The number of aromatic nitrogens is 2. The number of thiazole rings is 1. The molecule has 2 aromatic heterocycles. The monoisotopic (exact) mass is 1260 g/mol. The molecule has 3 fully saturated rings. The molecule has 0 aliphatic carbocycles. The van der Waals surface area contributed by atoms with Crippen LogP contribution >= 0.6 is 11.3 Å². The number of nitrogens with zero attached hydrogens (tertiary/aromatic N) is 6. The fourth-order valence-electron chi connectivity index (χ4n) is 11.1. The normalized spacial score (nSPS) is 19.1. The molecule has 482 valence electrons. The summed E-state index contributed by atoms with van der Waals surface area (Å²) in [5.74, 6) is -3.31. The Hall–Kier alpha value is -7.17. The van der Waals surface area contributed by atoms with Crippen molar-refractivity contribution in [3.63, 3.8) is 0 Å². The average molecular weight is 1260 g/mol. The number of amides is 5. The molecule has 3 aliphatic rings. The third-order valence-corrected chi connectivity index (χ3v) is 17.3. The molecule has 0 saturated carbocycles. The second-order valence-corrected chi connectivity index (χ2v) is 24.9. The van der Waals surface area contributed by atoms with E-state index in [1.807, 2.05) is 43.1 Å². The minimum absolute atomic E-state index is 0.0536. The molecule has 8 rings (SSSR count). The highest BCUT2D eigenvalue weighted by molar-refractivity contribution is 7.13.